The van der Waals surface area contributed by atoms with Crippen LogP contribution >= 0.6 is 12.2 Å². The number of anilines is 1. The molecule has 4 nitrogen and oxygen atoms in total. The van der Waals surface area contributed by atoms with Crippen LogP contribution in [0.1, 0.15) is 43.0 Å². The molecule has 2 heterocycles. The number of ether oxygens (including phenoxy) is 1. The molecule has 1 atom stereocenters. The van der Waals surface area contributed by atoms with Crippen LogP contribution < -0.4 is 15.4 Å². The van der Waals surface area contributed by atoms with Gasteiger partial charge in [0.15, 0.2) is 5.11 Å². The zero-order valence-corrected chi connectivity index (χ0v) is 15.3. The Bertz CT molecular complexity index is 756. The summed E-state index contributed by atoms with van der Waals surface area (Å²) < 4.78 is 6.10. The highest BCUT2D eigenvalue weighted by Crippen LogP contribution is 2.39. The van der Waals surface area contributed by atoms with Crippen molar-refractivity contribution in [2.45, 2.75) is 45.8 Å². The number of benzene rings is 1. The molecule has 0 saturated carbocycles. The van der Waals surface area contributed by atoms with Crippen LogP contribution in [0.15, 0.2) is 36.5 Å². The second kappa shape index (κ2) is 6.40. The number of hydrogen-bond acceptors (Lipinski definition) is 3. The summed E-state index contributed by atoms with van der Waals surface area (Å²) in [6.07, 6.45) is 2.66. The largest absolute Gasteiger partial charge is 0.487 e. The Kier molecular flexibility index (Phi) is 4.45. The molecule has 0 spiro atoms. The van der Waals surface area contributed by atoms with E-state index >= 15 is 0 Å². The van der Waals surface area contributed by atoms with E-state index in [-0.39, 0.29) is 11.6 Å². The molecule has 0 bridgehead atoms. The maximum absolute atomic E-state index is 6.10. The molecule has 0 radical (unpaired) electrons. The van der Waals surface area contributed by atoms with Gasteiger partial charge in [0.2, 0.25) is 0 Å². The van der Waals surface area contributed by atoms with E-state index in [1.54, 1.807) is 0 Å². The zero-order chi connectivity index (χ0) is 17.3. The lowest BCUT2D eigenvalue weighted by atomic mass is 9.89. The monoisotopic (exact) mass is 341 g/mol. The lowest BCUT2D eigenvalue weighted by molar-refractivity contribution is 0.0696. The Balaban J connectivity index is 1.77. The summed E-state index contributed by atoms with van der Waals surface area (Å²) in [6.45, 7) is 8.30. The number of nitrogens with zero attached hydrogens (tertiary/aromatic N) is 1. The third kappa shape index (κ3) is 3.85. The normalized spacial score (nSPS) is 18.2. The van der Waals surface area contributed by atoms with Gasteiger partial charge in [-0.1, -0.05) is 23.8 Å². The molecule has 1 aromatic heterocycles. The summed E-state index contributed by atoms with van der Waals surface area (Å²) in [5.74, 6) is 1.67. The summed E-state index contributed by atoms with van der Waals surface area (Å²) >= 11 is 5.48. The Morgan fingerprint density at radius 2 is 1.96 bits per heavy atom. The highest BCUT2D eigenvalue weighted by molar-refractivity contribution is 7.80. The summed E-state index contributed by atoms with van der Waals surface area (Å²) in [4.78, 5) is 4.34. The molecular formula is C19H23N3OS. The second-order valence-electron chi connectivity index (χ2n) is 6.98. The van der Waals surface area contributed by atoms with E-state index in [4.69, 9.17) is 17.0 Å². The van der Waals surface area contributed by atoms with Crippen LogP contribution in [0.3, 0.4) is 0 Å². The highest BCUT2D eigenvalue weighted by atomic mass is 32.1. The van der Waals surface area contributed by atoms with Gasteiger partial charge in [-0.15, -0.1) is 0 Å². The lowest BCUT2D eigenvalue weighted by Crippen LogP contribution is -2.42. The van der Waals surface area contributed by atoms with Crippen molar-refractivity contribution in [1.29, 1.82) is 0 Å². The van der Waals surface area contributed by atoms with Gasteiger partial charge in [0.1, 0.15) is 17.2 Å². The number of aryl methyl sites for hydroxylation is 2. The number of nitrogens with one attached hydrogen (secondary N) is 2. The number of aromatic nitrogens is 1. The first kappa shape index (κ1) is 16.7. The van der Waals surface area contributed by atoms with Crippen LogP contribution in [-0.2, 0) is 0 Å². The molecule has 2 N–H and O–H groups in total. The predicted octanol–water partition coefficient (Wildman–Crippen LogP) is 4.29. The summed E-state index contributed by atoms with van der Waals surface area (Å²) in [5.41, 5.74) is 3.24. The number of rotatable bonds is 2. The minimum Gasteiger partial charge on any atom is -0.487 e. The van der Waals surface area contributed by atoms with Crippen molar-refractivity contribution in [2.24, 2.45) is 0 Å². The minimum absolute atomic E-state index is 0.106. The van der Waals surface area contributed by atoms with E-state index in [2.05, 4.69) is 48.5 Å². The van der Waals surface area contributed by atoms with Gasteiger partial charge in [0, 0.05) is 18.2 Å². The molecule has 1 aromatic carbocycles. The van der Waals surface area contributed by atoms with Crippen LogP contribution in [0, 0.1) is 13.8 Å². The van der Waals surface area contributed by atoms with Gasteiger partial charge in [-0.2, -0.15) is 0 Å². The fourth-order valence-corrected chi connectivity index (χ4v) is 3.20. The first-order chi connectivity index (χ1) is 11.3. The SMILES string of the molecule is Cc1ccc(NC(=S)NC2CC(C)(C)Oc3ccc(C)cc32)nc1. The van der Waals surface area contributed by atoms with Gasteiger partial charge in [0.25, 0.3) is 0 Å². The van der Waals surface area contributed by atoms with Crippen molar-refractivity contribution in [3.8, 4) is 5.75 Å². The smallest absolute Gasteiger partial charge is 0.172 e. The van der Waals surface area contributed by atoms with Crippen molar-refractivity contribution in [2.75, 3.05) is 5.32 Å². The van der Waals surface area contributed by atoms with Crippen molar-refractivity contribution in [3.05, 3.63) is 53.2 Å². The van der Waals surface area contributed by atoms with Gasteiger partial charge >= 0.3 is 0 Å². The minimum atomic E-state index is -0.238. The van der Waals surface area contributed by atoms with E-state index in [1.165, 1.54) is 5.56 Å². The molecule has 1 unspecified atom stereocenters. The van der Waals surface area contributed by atoms with Crippen LogP contribution in [0.5, 0.6) is 5.75 Å². The number of hydrogen-bond donors (Lipinski definition) is 2. The molecule has 1 aliphatic rings. The van der Waals surface area contributed by atoms with Gasteiger partial charge in [-0.05, 0) is 57.6 Å². The lowest BCUT2D eigenvalue weighted by Gasteiger charge is -2.38. The second-order valence-corrected chi connectivity index (χ2v) is 7.39. The number of fused-ring (bicyclic) bond motifs is 1. The first-order valence-corrected chi connectivity index (χ1v) is 8.53. The standard InChI is InChI=1S/C19H23N3OS/c1-12-5-7-16-14(9-12)15(10-19(3,4)23-16)21-18(24)22-17-8-6-13(2)11-20-17/h5-9,11,15H,10H2,1-4H3,(H2,20,21,22,24). The summed E-state index contributed by atoms with van der Waals surface area (Å²) in [6, 6.07) is 10.3. The highest BCUT2D eigenvalue weighted by Gasteiger charge is 2.34. The Labute approximate surface area is 148 Å². The molecule has 126 valence electrons. The topological polar surface area (TPSA) is 46.2 Å². The van der Waals surface area contributed by atoms with Crippen molar-refractivity contribution < 1.29 is 4.74 Å². The van der Waals surface area contributed by atoms with Gasteiger partial charge in [-0.3, -0.25) is 0 Å². The van der Waals surface area contributed by atoms with Crippen molar-refractivity contribution in [1.82, 2.24) is 10.3 Å². The summed E-state index contributed by atoms with van der Waals surface area (Å²) in [7, 11) is 0. The van der Waals surface area contributed by atoms with Gasteiger partial charge < -0.3 is 15.4 Å². The first-order valence-electron chi connectivity index (χ1n) is 8.12. The molecule has 2 aromatic rings. The molecular weight excluding hydrogens is 318 g/mol. The molecule has 24 heavy (non-hydrogen) atoms. The number of pyridine rings is 1. The quantitative estimate of drug-likeness (QED) is 0.798. The van der Waals surface area contributed by atoms with E-state index in [0.29, 0.717) is 5.11 Å². The third-order valence-corrected chi connectivity index (χ3v) is 4.30. The third-order valence-electron chi connectivity index (χ3n) is 4.08. The molecule has 0 fully saturated rings. The van der Waals surface area contributed by atoms with Crippen LogP contribution in [0.2, 0.25) is 0 Å². The van der Waals surface area contributed by atoms with Crippen LogP contribution in [-0.4, -0.2) is 15.7 Å². The Morgan fingerprint density at radius 3 is 2.67 bits per heavy atom. The fourth-order valence-electron chi connectivity index (χ4n) is 2.96. The van der Waals surface area contributed by atoms with E-state index in [1.807, 2.05) is 31.3 Å². The van der Waals surface area contributed by atoms with Crippen molar-refractivity contribution in [3.63, 3.8) is 0 Å². The van der Waals surface area contributed by atoms with Gasteiger partial charge in [0.05, 0.1) is 6.04 Å². The predicted molar refractivity (Wildman–Crippen MR) is 102 cm³/mol. The fraction of sp³-hybridized carbons (Fsp3) is 0.368. The van der Waals surface area contributed by atoms with Crippen LogP contribution in [0.25, 0.3) is 0 Å². The average molecular weight is 341 g/mol. The molecule has 1 aliphatic heterocycles. The van der Waals surface area contributed by atoms with Gasteiger partial charge in [-0.25, -0.2) is 4.98 Å². The van der Waals surface area contributed by atoms with E-state index < -0.39 is 0 Å². The molecule has 0 saturated heterocycles. The van der Waals surface area contributed by atoms with E-state index in [0.717, 1.165) is 29.1 Å². The Morgan fingerprint density at radius 1 is 1.21 bits per heavy atom. The van der Waals surface area contributed by atoms with Crippen LogP contribution in [0.4, 0.5) is 5.82 Å². The Hall–Kier alpha value is -2.14. The average Bonchev–Trinajstić information content (AvgIpc) is 2.49. The maximum atomic E-state index is 6.10. The van der Waals surface area contributed by atoms with E-state index in [9.17, 15) is 0 Å². The molecule has 0 amide bonds. The molecule has 3 rings (SSSR count). The molecule has 0 aliphatic carbocycles. The molecule has 5 heteroatoms. The van der Waals surface area contributed by atoms with Crippen molar-refractivity contribution >= 4 is 23.1 Å². The zero-order valence-electron chi connectivity index (χ0n) is 14.5. The maximum Gasteiger partial charge on any atom is 0.172 e. The number of thiocarbonyl (C=S) groups is 1. The summed E-state index contributed by atoms with van der Waals surface area (Å²) in [5, 5.41) is 7.15.